The van der Waals surface area contributed by atoms with Gasteiger partial charge in [0.2, 0.25) is 0 Å². The van der Waals surface area contributed by atoms with Crippen molar-refractivity contribution in [3.05, 3.63) is 28.2 Å². The van der Waals surface area contributed by atoms with Gasteiger partial charge in [-0.2, -0.15) is 0 Å². The van der Waals surface area contributed by atoms with Crippen LogP contribution in [0.3, 0.4) is 0 Å². The van der Waals surface area contributed by atoms with Gasteiger partial charge in [-0.3, -0.25) is 4.79 Å². The number of carbonyl (C=O) groups excluding carboxylic acids is 1. The average Bonchev–Trinajstić information content (AvgIpc) is 2.75. The third-order valence-electron chi connectivity index (χ3n) is 3.30. The van der Waals surface area contributed by atoms with Crippen LogP contribution in [0.25, 0.3) is 0 Å². The van der Waals surface area contributed by atoms with Gasteiger partial charge in [0, 0.05) is 16.9 Å². The van der Waals surface area contributed by atoms with Gasteiger partial charge in [0.1, 0.15) is 5.75 Å². The minimum atomic E-state index is -0.135. The largest absolute Gasteiger partial charge is 0.507 e. The minimum absolute atomic E-state index is 0.0851. The molecule has 0 heterocycles. The number of phenols is 1. The third kappa shape index (κ3) is 3.26. The van der Waals surface area contributed by atoms with E-state index in [9.17, 15) is 9.90 Å². The molecule has 18 heavy (non-hydrogen) atoms. The van der Waals surface area contributed by atoms with Crippen molar-refractivity contribution >= 4 is 37.8 Å². The summed E-state index contributed by atoms with van der Waals surface area (Å²) in [5.74, 6) is 0.462. The van der Waals surface area contributed by atoms with Gasteiger partial charge in [-0.1, -0.05) is 22.4 Å². The zero-order valence-corrected chi connectivity index (χ0v) is 13.0. The predicted octanol–water partition coefficient (Wildman–Crippen LogP) is 3.45. The van der Waals surface area contributed by atoms with E-state index in [2.05, 4.69) is 37.2 Å². The Bertz CT molecular complexity index is 451. The number of halogens is 2. The Balaban J connectivity index is 1.93. The summed E-state index contributed by atoms with van der Waals surface area (Å²) in [6.45, 7) is 0.686. The van der Waals surface area contributed by atoms with Crippen LogP contribution in [0.15, 0.2) is 22.7 Å². The molecule has 1 aromatic carbocycles. The molecule has 1 amide bonds. The molecule has 3 nitrogen and oxygen atoms in total. The number of aromatic hydroxyl groups is 1. The Kier molecular flexibility index (Phi) is 4.67. The van der Waals surface area contributed by atoms with E-state index in [0.717, 1.165) is 6.42 Å². The van der Waals surface area contributed by atoms with E-state index in [1.807, 2.05) is 0 Å². The zero-order chi connectivity index (χ0) is 13.1. The fourth-order valence-electron chi connectivity index (χ4n) is 2.20. The Morgan fingerprint density at radius 2 is 2.22 bits per heavy atom. The maximum Gasteiger partial charge on any atom is 0.251 e. The molecule has 1 saturated carbocycles. The molecular weight excluding hydrogens is 362 g/mol. The Hall–Kier alpha value is -0.550. The standard InChI is InChI=1S/C13H15Br2NO2/c14-10-3-1-2-9(10)7-16-13(18)8-4-5-11(15)12(17)6-8/h4-6,9-10,17H,1-3,7H2,(H,16,18). The second-order valence-electron chi connectivity index (χ2n) is 4.58. The van der Waals surface area contributed by atoms with Gasteiger partial charge in [-0.05, 0) is 52.9 Å². The van der Waals surface area contributed by atoms with Crippen molar-refractivity contribution in [3.8, 4) is 5.75 Å². The molecule has 2 unspecified atom stereocenters. The van der Waals surface area contributed by atoms with Crippen molar-refractivity contribution in [2.75, 3.05) is 6.54 Å². The fourth-order valence-corrected chi connectivity index (χ4v) is 3.22. The lowest BCUT2D eigenvalue weighted by molar-refractivity contribution is 0.0947. The van der Waals surface area contributed by atoms with Crippen LogP contribution in [0, 0.1) is 5.92 Å². The molecule has 0 saturated heterocycles. The fraction of sp³-hybridized carbons (Fsp3) is 0.462. The summed E-state index contributed by atoms with van der Waals surface area (Å²) in [5.41, 5.74) is 0.486. The molecular formula is C13H15Br2NO2. The van der Waals surface area contributed by atoms with Crippen molar-refractivity contribution < 1.29 is 9.90 Å². The number of nitrogens with one attached hydrogen (secondary N) is 1. The lowest BCUT2D eigenvalue weighted by Crippen LogP contribution is -2.30. The van der Waals surface area contributed by atoms with E-state index in [4.69, 9.17) is 0 Å². The monoisotopic (exact) mass is 375 g/mol. The highest BCUT2D eigenvalue weighted by molar-refractivity contribution is 9.10. The zero-order valence-electron chi connectivity index (χ0n) is 9.83. The second kappa shape index (κ2) is 6.06. The molecule has 0 radical (unpaired) electrons. The molecule has 2 rings (SSSR count). The summed E-state index contributed by atoms with van der Waals surface area (Å²) in [6, 6.07) is 4.84. The van der Waals surface area contributed by atoms with Gasteiger partial charge in [0.05, 0.1) is 4.47 Å². The first kappa shape index (κ1) is 13.9. The summed E-state index contributed by atoms with van der Waals surface area (Å²) >= 11 is 6.83. The summed E-state index contributed by atoms with van der Waals surface area (Å²) in [4.78, 5) is 12.4. The molecule has 0 aliphatic heterocycles. The van der Waals surface area contributed by atoms with Crippen molar-refractivity contribution in [1.82, 2.24) is 5.32 Å². The maximum atomic E-state index is 11.9. The van der Waals surface area contributed by atoms with Crippen LogP contribution >= 0.6 is 31.9 Å². The molecule has 0 aromatic heterocycles. The molecule has 2 atom stereocenters. The van der Waals surface area contributed by atoms with Crippen LogP contribution in [0.2, 0.25) is 0 Å². The van der Waals surface area contributed by atoms with E-state index in [-0.39, 0.29) is 11.7 Å². The first-order chi connectivity index (χ1) is 8.58. The molecule has 1 aliphatic rings. The first-order valence-electron chi connectivity index (χ1n) is 5.98. The average molecular weight is 377 g/mol. The van der Waals surface area contributed by atoms with Crippen LogP contribution < -0.4 is 5.32 Å². The number of rotatable bonds is 3. The number of carbonyl (C=O) groups is 1. The molecule has 1 aliphatic carbocycles. The number of alkyl halides is 1. The number of hydrogen-bond acceptors (Lipinski definition) is 2. The van der Waals surface area contributed by atoms with E-state index in [1.54, 1.807) is 12.1 Å². The Morgan fingerprint density at radius 1 is 1.44 bits per heavy atom. The molecule has 0 spiro atoms. The van der Waals surface area contributed by atoms with Crippen LogP contribution in [0.5, 0.6) is 5.75 Å². The number of amides is 1. The molecule has 0 bridgehead atoms. The van der Waals surface area contributed by atoms with E-state index in [0.29, 0.717) is 27.3 Å². The van der Waals surface area contributed by atoms with Gasteiger partial charge in [-0.25, -0.2) is 0 Å². The van der Waals surface area contributed by atoms with Crippen LogP contribution in [-0.4, -0.2) is 22.4 Å². The molecule has 98 valence electrons. The Labute approximate surface area is 123 Å². The smallest absolute Gasteiger partial charge is 0.251 e. The SMILES string of the molecule is O=C(NCC1CCCC1Br)c1ccc(Br)c(O)c1. The highest BCUT2D eigenvalue weighted by Gasteiger charge is 2.25. The highest BCUT2D eigenvalue weighted by Crippen LogP contribution is 2.31. The van der Waals surface area contributed by atoms with Crippen molar-refractivity contribution in [2.24, 2.45) is 5.92 Å². The summed E-state index contributed by atoms with van der Waals surface area (Å²) in [6.07, 6.45) is 3.55. The van der Waals surface area contributed by atoms with E-state index < -0.39 is 0 Å². The van der Waals surface area contributed by atoms with Gasteiger partial charge in [0.15, 0.2) is 0 Å². The predicted molar refractivity (Wildman–Crippen MR) is 78.2 cm³/mol. The molecule has 2 N–H and O–H groups in total. The van der Waals surface area contributed by atoms with E-state index in [1.165, 1.54) is 18.9 Å². The second-order valence-corrected chi connectivity index (χ2v) is 6.61. The lowest BCUT2D eigenvalue weighted by atomic mass is 10.1. The van der Waals surface area contributed by atoms with Gasteiger partial charge in [-0.15, -0.1) is 0 Å². The topological polar surface area (TPSA) is 49.3 Å². The van der Waals surface area contributed by atoms with Gasteiger partial charge < -0.3 is 10.4 Å². The normalized spacial score (nSPS) is 23.0. The summed E-state index contributed by atoms with van der Waals surface area (Å²) < 4.78 is 0.593. The van der Waals surface area contributed by atoms with Crippen LogP contribution in [0.4, 0.5) is 0 Å². The van der Waals surface area contributed by atoms with Crippen LogP contribution in [0.1, 0.15) is 29.6 Å². The van der Waals surface area contributed by atoms with Crippen molar-refractivity contribution in [1.29, 1.82) is 0 Å². The summed E-state index contributed by atoms with van der Waals surface area (Å²) in [7, 11) is 0. The Morgan fingerprint density at radius 3 is 2.83 bits per heavy atom. The van der Waals surface area contributed by atoms with E-state index >= 15 is 0 Å². The maximum absolute atomic E-state index is 11.9. The third-order valence-corrected chi connectivity index (χ3v) is 5.18. The number of benzene rings is 1. The minimum Gasteiger partial charge on any atom is -0.507 e. The van der Waals surface area contributed by atoms with Crippen LogP contribution in [-0.2, 0) is 0 Å². The van der Waals surface area contributed by atoms with Gasteiger partial charge in [0.25, 0.3) is 5.91 Å². The first-order valence-corrected chi connectivity index (χ1v) is 7.69. The quantitative estimate of drug-likeness (QED) is 0.793. The van der Waals surface area contributed by atoms with Crippen molar-refractivity contribution in [2.45, 2.75) is 24.1 Å². The van der Waals surface area contributed by atoms with Gasteiger partial charge >= 0.3 is 0 Å². The lowest BCUT2D eigenvalue weighted by Gasteiger charge is -2.14. The molecule has 5 heteroatoms. The number of phenolic OH excluding ortho intramolecular Hbond substituents is 1. The number of hydrogen-bond donors (Lipinski definition) is 2. The molecule has 1 fully saturated rings. The molecule has 1 aromatic rings. The van der Waals surface area contributed by atoms with Crippen molar-refractivity contribution in [3.63, 3.8) is 0 Å². The highest BCUT2D eigenvalue weighted by atomic mass is 79.9. The summed E-state index contributed by atoms with van der Waals surface area (Å²) in [5, 5.41) is 12.5.